The molecule has 2 aromatic rings. The molecule has 0 spiro atoms. The van der Waals surface area contributed by atoms with Crippen molar-refractivity contribution in [2.45, 2.75) is 89.7 Å². The molecule has 3 rings (SSSR count). The first-order valence-electron chi connectivity index (χ1n) is 13.6. The monoisotopic (exact) mass is 543 g/mol. The molecular weight excluding hydrogens is 498 g/mol. The molecule has 210 valence electrons. The molecule has 8 heteroatoms. The molecule has 38 heavy (non-hydrogen) atoms. The standard InChI is InChI=1S/C30H45NO6Si/c1-22-19-27(37-26(22)17-18-36-38(5,6)30(2,3)4)28(34-20-23-13-9-7-10-14-23)25(32)21-35-29(33)31-24-15-11-8-12-16-24/h7-16,22,25-28,32H,17-21H2,1-6H3,(H,31,33)/t22-,25+,26+,27-,28+/m0/s1. The van der Waals surface area contributed by atoms with Gasteiger partial charge in [-0.1, -0.05) is 76.2 Å². The van der Waals surface area contributed by atoms with Gasteiger partial charge in [0.15, 0.2) is 8.32 Å². The number of nitrogens with one attached hydrogen (secondary N) is 1. The van der Waals surface area contributed by atoms with Crippen molar-refractivity contribution < 1.29 is 28.5 Å². The van der Waals surface area contributed by atoms with Gasteiger partial charge in [0.2, 0.25) is 0 Å². The highest BCUT2D eigenvalue weighted by atomic mass is 28.4. The van der Waals surface area contributed by atoms with E-state index in [4.69, 9.17) is 18.6 Å². The first-order valence-corrected chi connectivity index (χ1v) is 16.5. The second-order valence-corrected chi connectivity index (χ2v) is 16.6. The van der Waals surface area contributed by atoms with Gasteiger partial charge in [-0.15, -0.1) is 0 Å². The molecule has 0 saturated carbocycles. The van der Waals surface area contributed by atoms with Gasteiger partial charge in [0.05, 0.1) is 18.8 Å². The third-order valence-corrected chi connectivity index (χ3v) is 12.2. The smallest absolute Gasteiger partial charge is 0.411 e. The van der Waals surface area contributed by atoms with Crippen molar-refractivity contribution in [1.29, 1.82) is 0 Å². The van der Waals surface area contributed by atoms with E-state index in [1.165, 1.54) is 0 Å². The Morgan fingerprint density at radius 1 is 1.11 bits per heavy atom. The number of aliphatic hydroxyl groups is 1. The maximum atomic E-state index is 12.3. The van der Waals surface area contributed by atoms with Crippen LogP contribution >= 0.6 is 0 Å². The molecule has 1 aliphatic rings. The molecule has 1 heterocycles. The van der Waals surface area contributed by atoms with E-state index in [2.05, 4.69) is 46.1 Å². The number of ether oxygens (including phenoxy) is 3. The Labute approximate surface area is 229 Å². The van der Waals surface area contributed by atoms with Crippen molar-refractivity contribution in [1.82, 2.24) is 0 Å². The largest absolute Gasteiger partial charge is 0.446 e. The van der Waals surface area contributed by atoms with Crippen LogP contribution in [0, 0.1) is 5.92 Å². The van der Waals surface area contributed by atoms with Crippen LogP contribution in [0.3, 0.4) is 0 Å². The van der Waals surface area contributed by atoms with E-state index in [1.54, 1.807) is 12.1 Å². The fraction of sp³-hybridized carbons (Fsp3) is 0.567. The lowest BCUT2D eigenvalue weighted by atomic mass is 9.96. The van der Waals surface area contributed by atoms with E-state index in [9.17, 15) is 9.90 Å². The van der Waals surface area contributed by atoms with Gasteiger partial charge in [-0.05, 0) is 54.6 Å². The molecule has 0 aliphatic carbocycles. The minimum atomic E-state index is -1.83. The van der Waals surface area contributed by atoms with Crippen LogP contribution < -0.4 is 5.32 Å². The minimum Gasteiger partial charge on any atom is -0.446 e. The highest BCUT2D eigenvalue weighted by molar-refractivity contribution is 6.74. The molecule has 0 aromatic heterocycles. The normalized spacial score (nSPS) is 21.6. The Balaban J connectivity index is 1.59. The Hall–Kier alpha value is -2.23. The van der Waals surface area contributed by atoms with E-state index >= 15 is 0 Å². The Bertz CT molecular complexity index is 981. The Kier molecular flexibility index (Phi) is 10.9. The highest BCUT2D eigenvalue weighted by Crippen LogP contribution is 2.37. The number of anilines is 1. The van der Waals surface area contributed by atoms with Crippen molar-refractivity contribution in [3.63, 3.8) is 0 Å². The number of para-hydroxylation sites is 1. The van der Waals surface area contributed by atoms with Crippen molar-refractivity contribution in [2.24, 2.45) is 5.92 Å². The lowest BCUT2D eigenvalue weighted by Gasteiger charge is -2.36. The summed E-state index contributed by atoms with van der Waals surface area (Å²) in [6.45, 7) is 14.2. The molecule has 2 aromatic carbocycles. The molecule has 2 N–H and O–H groups in total. The van der Waals surface area contributed by atoms with Crippen LogP contribution in [0.15, 0.2) is 60.7 Å². The zero-order valence-corrected chi connectivity index (χ0v) is 24.7. The molecule has 5 atom stereocenters. The van der Waals surface area contributed by atoms with Gasteiger partial charge in [-0.3, -0.25) is 5.32 Å². The number of aliphatic hydroxyl groups excluding tert-OH is 1. The summed E-state index contributed by atoms with van der Waals surface area (Å²) in [5.74, 6) is 0.292. The van der Waals surface area contributed by atoms with Crippen LogP contribution in [0.4, 0.5) is 10.5 Å². The first kappa shape index (κ1) is 30.3. The second-order valence-electron chi connectivity index (χ2n) is 11.7. The van der Waals surface area contributed by atoms with Gasteiger partial charge in [0.25, 0.3) is 0 Å². The topological polar surface area (TPSA) is 86.2 Å². The van der Waals surface area contributed by atoms with E-state index in [-0.39, 0.29) is 23.9 Å². The predicted molar refractivity (Wildman–Crippen MR) is 153 cm³/mol. The van der Waals surface area contributed by atoms with Crippen LogP contribution in [0.25, 0.3) is 0 Å². The van der Waals surface area contributed by atoms with Gasteiger partial charge in [0, 0.05) is 12.3 Å². The first-order chi connectivity index (χ1) is 18.0. The van der Waals surface area contributed by atoms with Crippen LogP contribution in [0.2, 0.25) is 18.1 Å². The number of rotatable bonds is 12. The van der Waals surface area contributed by atoms with E-state index in [0.717, 1.165) is 18.4 Å². The van der Waals surface area contributed by atoms with Crippen LogP contribution in [-0.2, 0) is 25.2 Å². The SMILES string of the molecule is C[C@H]1C[C@@H]([C@H](OCc2ccccc2)[C@H](O)COC(=O)Nc2ccccc2)O[C@@H]1CCO[Si](C)(C)C(C)(C)C. The lowest BCUT2D eigenvalue weighted by Crippen LogP contribution is -2.43. The summed E-state index contributed by atoms with van der Waals surface area (Å²) in [6, 6.07) is 18.9. The van der Waals surface area contributed by atoms with Crippen LogP contribution in [0.1, 0.15) is 46.1 Å². The number of hydrogen-bond acceptors (Lipinski definition) is 6. The molecule has 0 bridgehead atoms. The summed E-state index contributed by atoms with van der Waals surface area (Å²) in [5.41, 5.74) is 1.62. The predicted octanol–water partition coefficient (Wildman–Crippen LogP) is 6.39. The summed E-state index contributed by atoms with van der Waals surface area (Å²) >= 11 is 0. The molecule has 0 unspecified atom stereocenters. The van der Waals surface area contributed by atoms with Crippen molar-refractivity contribution in [2.75, 3.05) is 18.5 Å². The quantitative estimate of drug-likeness (QED) is 0.302. The van der Waals surface area contributed by atoms with Gasteiger partial charge in [0.1, 0.15) is 18.8 Å². The summed E-state index contributed by atoms with van der Waals surface area (Å²) in [6.07, 6.45) is -1.07. The van der Waals surface area contributed by atoms with Gasteiger partial charge >= 0.3 is 6.09 Å². The average molecular weight is 544 g/mol. The number of hydrogen-bond donors (Lipinski definition) is 2. The maximum absolute atomic E-state index is 12.3. The van der Waals surface area contributed by atoms with Crippen LogP contribution in [-0.4, -0.2) is 57.1 Å². The number of carbonyl (C=O) groups excluding carboxylic acids is 1. The summed E-state index contributed by atoms with van der Waals surface area (Å²) in [7, 11) is -1.83. The fourth-order valence-corrected chi connectivity index (χ4v) is 5.37. The molecule has 7 nitrogen and oxygen atoms in total. The molecule has 1 amide bonds. The molecular formula is C30H45NO6Si. The number of carbonyl (C=O) groups is 1. The third kappa shape index (κ3) is 8.92. The van der Waals surface area contributed by atoms with E-state index in [1.807, 2.05) is 48.5 Å². The van der Waals surface area contributed by atoms with Gasteiger partial charge in [-0.2, -0.15) is 0 Å². The molecule has 1 aliphatic heterocycles. The van der Waals surface area contributed by atoms with Gasteiger partial charge < -0.3 is 23.7 Å². The van der Waals surface area contributed by atoms with Crippen molar-refractivity contribution in [3.05, 3.63) is 66.2 Å². The third-order valence-electron chi connectivity index (χ3n) is 7.70. The zero-order valence-electron chi connectivity index (χ0n) is 23.7. The number of amides is 1. The highest BCUT2D eigenvalue weighted by Gasteiger charge is 2.42. The van der Waals surface area contributed by atoms with Crippen LogP contribution in [0.5, 0.6) is 0 Å². The Morgan fingerprint density at radius 2 is 1.74 bits per heavy atom. The maximum Gasteiger partial charge on any atom is 0.411 e. The molecule has 1 fully saturated rings. The summed E-state index contributed by atoms with van der Waals surface area (Å²) in [5, 5.41) is 13.9. The average Bonchev–Trinajstić information content (AvgIpc) is 3.23. The lowest BCUT2D eigenvalue weighted by molar-refractivity contribution is -0.134. The summed E-state index contributed by atoms with van der Waals surface area (Å²) < 4.78 is 24.4. The number of benzene rings is 2. The summed E-state index contributed by atoms with van der Waals surface area (Å²) in [4.78, 5) is 12.3. The fourth-order valence-electron chi connectivity index (χ4n) is 4.31. The van der Waals surface area contributed by atoms with E-state index in [0.29, 0.717) is 24.8 Å². The van der Waals surface area contributed by atoms with Gasteiger partial charge in [-0.25, -0.2) is 4.79 Å². The zero-order chi connectivity index (χ0) is 27.8. The van der Waals surface area contributed by atoms with E-state index < -0.39 is 26.6 Å². The second kappa shape index (κ2) is 13.7. The minimum absolute atomic E-state index is 0.0158. The van der Waals surface area contributed by atoms with Crippen molar-refractivity contribution in [3.8, 4) is 0 Å². The Morgan fingerprint density at radius 3 is 2.37 bits per heavy atom. The molecule has 1 saturated heterocycles. The van der Waals surface area contributed by atoms with Crippen molar-refractivity contribution >= 4 is 20.1 Å². The molecule has 0 radical (unpaired) electrons.